The monoisotopic (exact) mass is 398 g/mol. The van der Waals surface area contributed by atoms with Gasteiger partial charge in [-0.3, -0.25) is 0 Å². The average molecular weight is 398 g/mol. The molecular formula is C19H21F3N2O4. The Kier molecular flexibility index (Phi) is 5.64. The molecule has 0 bridgehead atoms. The number of carbonyl (C=O) groups is 2. The average Bonchev–Trinajstić information content (AvgIpc) is 2.89. The Morgan fingerprint density at radius 3 is 2.43 bits per heavy atom. The lowest BCUT2D eigenvalue weighted by Crippen LogP contribution is -2.35. The van der Waals surface area contributed by atoms with Gasteiger partial charge in [0, 0.05) is 30.2 Å². The van der Waals surface area contributed by atoms with Crippen LogP contribution in [-0.2, 0) is 9.59 Å². The summed E-state index contributed by atoms with van der Waals surface area (Å²) in [6, 6.07) is 0.819. The quantitative estimate of drug-likeness (QED) is 0.507. The minimum absolute atomic E-state index is 0.363. The lowest BCUT2D eigenvalue weighted by molar-refractivity contribution is -0.192. The van der Waals surface area contributed by atoms with Gasteiger partial charge in [0.1, 0.15) is 0 Å². The third-order valence-corrected chi connectivity index (χ3v) is 5.40. The molecule has 0 aromatic rings. The first kappa shape index (κ1) is 20.2. The van der Waals surface area contributed by atoms with Crippen molar-refractivity contribution in [1.29, 1.82) is 0 Å². The molecule has 1 saturated heterocycles. The Hall–Kier alpha value is -2.55. The molecule has 152 valence electrons. The first-order valence-corrected chi connectivity index (χ1v) is 8.98. The van der Waals surface area contributed by atoms with E-state index in [0.29, 0.717) is 36.0 Å². The van der Waals surface area contributed by atoms with Crippen LogP contribution in [0, 0.1) is 11.8 Å². The van der Waals surface area contributed by atoms with Crippen LogP contribution in [0.5, 0.6) is 0 Å². The van der Waals surface area contributed by atoms with Crippen LogP contribution in [0.4, 0.5) is 13.2 Å². The van der Waals surface area contributed by atoms with Crippen molar-refractivity contribution in [3.8, 4) is 0 Å². The number of hydrogen-bond acceptors (Lipinski definition) is 4. The van der Waals surface area contributed by atoms with Crippen LogP contribution in [0.3, 0.4) is 0 Å². The van der Waals surface area contributed by atoms with E-state index in [0.717, 1.165) is 18.4 Å². The van der Waals surface area contributed by atoms with Gasteiger partial charge >= 0.3 is 18.1 Å². The summed E-state index contributed by atoms with van der Waals surface area (Å²) in [5.41, 5.74) is 2.89. The van der Waals surface area contributed by atoms with Crippen molar-refractivity contribution in [3.63, 3.8) is 0 Å². The van der Waals surface area contributed by atoms with Crippen molar-refractivity contribution in [2.24, 2.45) is 11.8 Å². The molecule has 4 aliphatic rings. The lowest BCUT2D eigenvalue weighted by Gasteiger charge is -2.31. The summed E-state index contributed by atoms with van der Waals surface area (Å²) in [6.45, 7) is 0.435. The summed E-state index contributed by atoms with van der Waals surface area (Å²) in [6.07, 6.45) is 9.00. The van der Waals surface area contributed by atoms with Crippen LogP contribution in [0.25, 0.3) is 0 Å². The van der Waals surface area contributed by atoms with Crippen molar-refractivity contribution in [2.45, 2.75) is 37.5 Å². The molecule has 2 aliphatic carbocycles. The lowest BCUT2D eigenvalue weighted by atomic mass is 9.78. The minimum Gasteiger partial charge on any atom is -0.478 e. The number of aliphatic carboxylic acids is 2. The Balaban J connectivity index is 0.000000279. The maximum Gasteiger partial charge on any atom is 0.490 e. The zero-order chi connectivity index (χ0) is 20.5. The maximum absolute atomic E-state index is 11.2. The molecule has 4 N–H and O–H groups in total. The smallest absolute Gasteiger partial charge is 0.478 e. The highest BCUT2D eigenvalue weighted by atomic mass is 19.4. The number of hydrogen-bond donors (Lipinski definition) is 4. The highest BCUT2D eigenvalue weighted by Gasteiger charge is 2.44. The Morgan fingerprint density at radius 2 is 1.79 bits per heavy atom. The van der Waals surface area contributed by atoms with Crippen molar-refractivity contribution in [3.05, 3.63) is 47.2 Å². The van der Waals surface area contributed by atoms with Crippen LogP contribution in [0.2, 0.25) is 0 Å². The van der Waals surface area contributed by atoms with Crippen LogP contribution < -0.4 is 10.6 Å². The van der Waals surface area contributed by atoms with Gasteiger partial charge in [-0.2, -0.15) is 13.2 Å². The van der Waals surface area contributed by atoms with E-state index >= 15 is 0 Å². The highest BCUT2D eigenvalue weighted by Crippen LogP contribution is 2.42. The summed E-state index contributed by atoms with van der Waals surface area (Å²) in [4.78, 5) is 20.1. The summed E-state index contributed by atoms with van der Waals surface area (Å²) < 4.78 is 31.7. The SMILES string of the molecule is O=C(O)C(F)(F)F.O=C(O)C1=CC2=C(NC1)C1C(C=CC2)NC2C=CCCC21. The van der Waals surface area contributed by atoms with Gasteiger partial charge in [-0.1, -0.05) is 24.3 Å². The normalized spacial score (nSPS) is 30.6. The summed E-state index contributed by atoms with van der Waals surface area (Å²) >= 11 is 0. The molecule has 0 saturated carbocycles. The van der Waals surface area contributed by atoms with Crippen molar-refractivity contribution >= 4 is 11.9 Å². The third kappa shape index (κ3) is 4.14. The Bertz CT molecular complexity index is 783. The maximum atomic E-state index is 11.2. The van der Waals surface area contributed by atoms with Crippen molar-refractivity contribution in [2.75, 3.05) is 6.54 Å². The van der Waals surface area contributed by atoms with Gasteiger partial charge in [0.15, 0.2) is 0 Å². The first-order valence-electron chi connectivity index (χ1n) is 8.98. The van der Waals surface area contributed by atoms with Crippen molar-refractivity contribution < 1.29 is 33.0 Å². The predicted octanol–water partition coefficient (Wildman–Crippen LogP) is 2.37. The number of fused-ring (bicyclic) bond motifs is 4. The fourth-order valence-corrected chi connectivity index (χ4v) is 4.22. The van der Waals surface area contributed by atoms with Gasteiger partial charge in [-0.25, -0.2) is 9.59 Å². The molecule has 0 amide bonds. The molecule has 4 rings (SSSR count). The standard InChI is InChI=1S/C17H20N2O2.C2HF3O2/c20-17(21)11-8-10-4-3-7-14-15(16(10)18-9-11)12-5-1-2-6-13(12)19-14;3-2(4,5)1(6)7/h2-3,6-8,12-15,18-19H,1,4-5,9H2,(H,20,21);(H,6,7). The molecule has 2 aliphatic heterocycles. The van der Waals surface area contributed by atoms with E-state index in [4.69, 9.17) is 9.90 Å². The molecule has 1 fully saturated rings. The van der Waals surface area contributed by atoms with Crippen LogP contribution in [-0.4, -0.2) is 47.0 Å². The Labute approximate surface area is 159 Å². The third-order valence-electron chi connectivity index (χ3n) is 5.40. The molecule has 28 heavy (non-hydrogen) atoms. The summed E-state index contributed by atoms with van der Waals surface area (Å²) in [5.74, 6) is -2.52. The van der Waals surface area contributed by atoms with Gasteiger partial charge in [0.2, 0.25) is 0 Å². The second kappa shape index (κ2) is 7.83. The number of halogens is 3. The fourth-order valence-electron chi connectivity index (χ4n) is 4.22. The van der Waals surface area contributed by atoms with Crippen LogP contribution in [0.15, 0.2) is 47.2 Å². The van der Waals surface area contributed by atoms with E-state index in [2.05, 4.69) is 34.9 Å². The van der Waals surface area contributed by atoms with E-state index in [-0.39, 0.29) is 0 Å². The molecule has 4 atom stereocenters. The second-order valence-corrected chi connectivity index (χ2v) is 7.12. The molecule has 4 unspecified atom stereocenters. The fraction of sp³-hybridized carbons (Fsp3) is 0.474. The van der Waals surface area contributed by atoms with E-state index in [9.17, 15) is 23.1 Å². The molecule has 0 aromatic carbocycles. The van der Waals surface area contributed by atoms with E-state index in [1.54, 1.807) is 0 Å². The molecule has 0 aromatic heterocycles. The number of dihydropyridines is 1. The molecule has 0 spiro atoms. The largest absolute Gasteiger partial charge is 0.490 e. The van der Waals surface area contributed by atoms with E-state index < -0.39 is 18.1 Å². The number of carboxylic acid groups (broad SMARTS) is 2. The zero-order valence-electron chi connectivity index (χ0n) is 14.9. The number of allylic oxidation sites excluding steroid dienone is 4. The zero-order valence-corrected chi connectivity index (χ0v) is 14.9. The second-order valence-electron chi connectivity index (χ2n) is 7.12. The van der Waals surface area contributed by atoms with Gasteiger partial charge in [-0.15, -0.1) is 0 Å². The summed E-state index contributed by atoms with van der Waals surface area (Å²) in [5, 5.41) is 23.5. The highest BCUT2D eigenvalue weighted by molar-refractivity contribution is 5.88. The number of carboxylic acids is 2. The van der Waals surface area contributed by atoms with Crippen LogP contribution in [0.1, 0.15) is 19.3 Å². The summed E-state index contributed by atoms with van der Waals surface area (Å²) in [7, 11) is 0. The number of nitrogens with one attached hydrogen (secondary N) is 2. The van der Waals surface area contributed by atoms with Gasteiger partial charge < -0.3 is 20.8 Å². The van der Waals surface area contributed by atoms with Crippen molar-refractivity contribution in [1.82, 2.24) is 10.6 Å². The van der Waals surface area contributed by atoms with E-state index in [1.807, 2.05) is 6.08 Å². The number of alkyl halides is 3. The van der Waals surface area contributed by atoms with Gasteiger partial charge in [0.25, 0.3) is 0 Å². The topological polar surface area (TPSA) is 98.7 Å². The molecule has 2 heterocycles. The van der Waals surface area contributed by atoms with Gasteiger partial charge in [0.05, 0.1) is 5.57 Å². The van der Waals surface area contributed by atoms with E-state index in [1.165, 1.54) is 12.1 Å². The van der Waals surface area contributed by atoms with Gasteiger partial charge in [-0.05, 0) is 36.8 Å². The molecule has 6 nitrogen and oxygen atoms in total. The minimum atomic E-state index is -5.08. The Morgan fingerprint density at radius 1 is 1.11 bits per heavy atom. The van der Waals surface area contributed by atoms with Crippen LogP contribution >= 0.6 is 0 Å². The first-order chi connectivity index (χ1) is 13.2. The molecule has 9 heteroatoms. The predicted molar refractivity (Wildman–Crippen MR) is 94.3 cm³/mol. The molecule has 0 radical (unpaired) electrons. The molecular weight excluding hydrogens is 377 g/mol. The number of rotatable bonds is 1.